The fraction of sp³-hybridized carbons (Fsp3) is 0. The third-order valence-electron chi connectivity index (χ3n) is 0.0833. The molecule has 0 spiro atoms. The molecule has 0 unspecified atom stereocenters. The largest absolute Gasteiger partial charge is 0.419 e. The van der Waals surface area contributed by atoms with Crippen LogP contribution in [0.3, 0.4) is 0 Å². The van der Waals surface area contributed by atoms with Crippen LogP contribution >= 0.6 is 0 Å². The second-order valence-corrected chi connectivity index (χ2v) is 0.322. The molecule has 0 aromatic rings. The Balaban J connectivity index is 2.73. The van der Waals surface area contributed by atoms with Crippen molar-refractivity contribution < 1.29 is 4.79 Å². The summed E-state index contributed by atoms with van der Waals surface area (Å²) in [6, 6.07) is 0. The van der Waals surface area contributed by atoms with E-state index in [-0.39, 0.29) is 0 Å². The SMILES string of the molecule is C=C[C-]=O. The van der Waals surface area contributed by atoms with Crippen LogP contribution in [-0.4, -0.2) is 6.29 Å². The number of carbonyl (C=O) groups excluding carboxylic acids is 1. The van der Waals surface area contributed by atoms with Gasteiger partial charge in [0.2, 0.25) is 0 Å². The number of hydrogen-bond acceptors (Lipinski definition) is 1. The molecule has 0 aliphatic heterocycles. The van der Waals surface area contributed by atoms with E-state index >= 15 is 0 Å². The van der Waals surface area contributed by atoms with Gasteiger partial charge in [0.15, 0.2) is 0 Å². The Hall–Kier alpha value is -0.590. The molecule has 0 aliphatic rings. The minimum absolute atomic E-state index is 1.07. The predicted octanol–water partition coefficient (Wildman–Crippen LogP) is 0.282. The van der Waals surface area contributed by atoms with Crippen molar-refractivity contribution in [2.45, 2.75) is 0 Å². The van der Waals surface area contributed by atoms with Crippen molar-refractivity contribution in [3.63, 3.8) is 0 Å². The molecule has 0 N–H and O–H groups in total. The normalized spacial score (nSPS) is 5.00. The lowest BCUT2D eigenvalue weighted by atomic mass is 10.8. The van der Waals surface area contributed by atoms with Crippen molar-refractivity contribution in [2.75, 3.05) is 0 Å². The van der Waals surface area contributed by atoms with Crippen LogP contribution in [0.1, 0.15) is 0 Å². The maximum Gasteiger partial charge on any atom is -0.0147 e. The van der Waals surface area contributed by atoms with Gasteiger partial charge < -0.3 is 4.79 Å². The molecule has 22 valence electrons. The summed E-state index contributed by atoms with van der Waals surface area (Å²) in [4.78, 5) is 8.93. The highest BCUT2D eigenvalue weighted by molar-refractivity contribution is 5.64. The molecule has 0 heterocycles. The molecule has 0 atom stereocenters. The Morgan fingerprint density at radius 2 is 2.25 bits per heavy atom. The minimum Gasteiger partial charge on any atom is -0.419 e. The van der Waals surface area contributed by atoms with Gasteiger partial charge in [-0.05, 0) is 6.29 Å². The molecule has 4 heavy (non-hydrogen) atoms. The van der Waals surface area contributed by atoms with Crippen LogP contribution in [0.25, 0.3) is 0 Å². The van der Waals surface area contributed by atoms with Crippen molar-refractivity contribution in [1.29, 1.82) is 0 Å². The van der Waals surface area contributed by atoms with Crippen LogP contribution in [0.15, 0.2) is 12.7 Å². The number of rotatable bonds is 1. The second kappa shape index (κ2) is 2.41. The van der Waals surface area contributed by atoms with Gasteiger partial charge in [-0.1, -0.05) is 0 Å². The highest BCUT2D eigenvalue weighted by atomic mass is 16.1. The Morgan fingerprint density at radius 1 is 2.00 bits per heavy atom. The van der Waals surface area contributed by atoms with Gasteiger partial charge in [0.25, 0.3) is 0 Å². The van der Waals surface area contributed by atoms with Gasteiger partial charge in [0.1, 0.15) is 0 Å². The highest BCUT2D eigenvalue weighted by Gasteiger charge is 1.22. The summed E-state index contributed by atoms with van der Waals surface area (Å²) in [7, 11) is 0. The van der Waals surface area contributed by atoms with E-state index in [0.717, 1.165) is 6.08 Å². The minimum atomic E-state index is 1.07. The van der Waals surface area contributed by atoms with Crippen molar-refractivity contribution in [3.05, 3.63) is 12.7 Å². The fourth-order valence-corrected chi connectivity index (χ4v) is 0. The molecule has 0 aromatic carbocycles. The summed E-state index contributed by atoms with van der Waals surface area (Å²) >= 11 is 0. The summed E-state index contributed by atoms with van der Waals surface area (Å²) < 4.78 is 0. The smallest absolute Gasteiger partial charge is 0.0147 e. The molecule has 0 aromatic heterocycles. The van der Waals surface area contributed by atoms with E-state index in [1.165, 1.54) is 6.29 Å². The maximum atomic E-state index is 8.93. The molecule has 1 heteroatoms. The van der Waals surface area contributed by atoms with E-state index in [2.05, 4.69) is 6.58 Å². The highest BCUT2D eigenvalue weighted by Crippen LogP contribution is 1.35. The van der Waals surface area contributed by atoms with Gasteiger partial charge >= 0.3 is 0 Å². The first kappa shape index (κ1) is 3.41. The van der Waals surface area contributed by atoms with Gasteiger partial charge in [-0.3, -0.25) is 0 Å². The standard InChI is InChI=1S/C3H3O/c1-2-3-4/h2H,1H2/q-1. The zero-order chi connectivity index (χ0) is 3.41. The lowest BCUT2D eigenvalue weighted by molar-refractivity contribution is 0.564. The molecular formula is C3H3O-. The topological polar surface area (TPSA) is 17.1 Å². The number of allylic oxidation sites excluding steroid dienone is 1. The summed E-state index contributed by atoms with van der Waals surface area (Å²) in [5.41, 5.74) is 0. The Kier molecular flexibility index (Phi) is 2.05. The van der Waals surface area contributed by atoms with Crippen molar-refractivity contribution in [3.8, 4) is 0 Å². The molecule has 0 fully saturated rings. The third-order valence-corrected chi connectivity index (χ3v) is 0.0833. The molecule has 0 rings (SSSR count). The van der Waals surface area contributed by atoms with Gasteiger partial charge in [0, 0.05) is 0 Å². The van der Waals surface area contributed by atoms with Gasteiger partial charge in [-0.15, -0.1) is 0 Å². The second-order valence-electron chi connectivity index (χ2n) is 0.322. The molecule has 0 saturated carbocycles. The Labute approximate surface area is 24.9 Å². The lowest BCUT2D eigenvalue weighted by Gasteiger charge is -1.53. The van der Waals surface area contributed by atoms with Crippen LogP contribution in [0.5, 0.6) is 0 Å². The van der Waals surface area contributed by atoms with E-state index in [9.17, 15) is 0 Å². The monoisotopic (exact) mass is 55.0 g/mol. The molecule has 0 radical (unpaired) electrons. The van der Waals surface area contributed by atoms with Crippen molar-refractivity contribution >= 4 is 6.29 Å². The molecule has 0 bridgehead atoms. The fourth-order valence-electron chi connectivity index (χ4n) is 0. The van der Waals surface area contributed by atoms with Gasteiger partial charge in [0.05, 0.1) is 0 Å². The molecule has 0 saturated heterocycles. The molecule has 0 aliphatic carbocycles. The van der Waals surface area contributed by atoms with E-state index in [0.29, 0.717) is 0 Å². The van der Waals surface area contributed by atoms with Gasteiger partial charge in [-0.25, -0.2) is 12.7 Å². The van der Waals surface area contributed by atoms with Crippen LogP contribution in [0.2, 0.25) is 0 Å². The van der Waals surface area contributed by atoms with Crippen LogP contribution < -0.4 is 0 Å². The maximum absolute atomic E-state index is 8.93. The Morgan fingerprint density at radius 3 is 2.25 bits per heavy atom. The summed E-state index contributed by atoms with van der Waals surface area (Å²) in [6.45, 7) is 3.06. The average Bonchev–Trinajstić information content (AvgIpc) is 1.37. The van der Waals surface area contributed by atoms with Crippen molar-refractivity contribution in [2.24, 2.45) is 0 Å². The van der Waals surface area contributed by atoms with E-state index in [1.54, 1.807) is 0 Å². The van der Waals surface area contributed by atoms with Crippen molar-refractivity contribution in [1.82, 2.24) is 0 Å². The zero-order valence-corrected chi connectivity index (χ0v) is 2.19. The zero-order valence-electron chi connectivity index (χ0n) is 2.19. The number of hydrogen-bond donors (Lipinski definition) is 0. The Bertz CT molecular complexity index is 24.3. The quantitative estimate of drug-likeness (QED) is 0.311. The first-order chi connectivity index (χ1) is 1.91. The van der Waals surface area contributed by atoms with E-state index in [1.807, 2.05) is 0 Å². The molecule has 1 nitrogen and oxygen atoms in total. The molecular weight excluding hydrogens is 52.0 g/mol. The van der Waals surface area contributed by atoms with E-state index < -0.39 is 0 Å². The first-order valence-corrected chi connectivity index (χ1v) is 0.901. The predicted molar refractivity (Wildman–Crippen MR) is 15.9 cm³/mol. The van der Waals surface area contributed by atoms with Crippen LogP contribution in [-0.2, 0) is 4.79 Å². The third kappa shape index (κ3) is 1.41. The first-order valence-electron chi connectivity index (χ1n) is 0.901. The van der Waals surface area contributed by atoms with Gasteiger partial charge in [-0.2, -0.15) is 0 Å². The summed E-state index contributed by atoms with van der Waals surface area (Å²) in [5, 5.41) is 0. The van der Waals surface area contributed by atoms with Crippen LogP contribution in [0, 0.1) is 0 Å². The van der Waals surface area contributed by atoms with E-state index in [4.69, 9.17) is 4.79 Å². The summed E-state index contributed by atoms with van der Waals surface area (Å²) in [6.07, 6.45) is 2.51. The lowest BCUT2D eigenvalue weighted by Crippen LogP contribution is -1.44. The summed E-state index contributed by atoms with van der Waals surface area (Å²) in [5.74, 6) is 0. The molecule has 0 amide bonds. The average molecular weight is 55.1 g/mol. The van der Waals surface area contributed by atoms with Crippen LogP contribution in [0.4, 0.5) is 0 Å².